The second kappa shape index (κ2) is 17.0. The molecule has 0 saturated carbocycles. The minimum atomic E-state index is -0.673. The highest BCUT2D eigenvalue weighted by molar-refractivity contribution is 6.47. The normalized spacial score (nSPS) is 11.3. The van der Waals surface area contributed by atoms with Crippen molar-refractivity contribution >= 4 is 19.1 Å². The Kier molecular flexibility index (Phi) is 14.6. The summed E-state index contributed by atoms with van der Waals surface area (Å²) in [5, 5.41) is 8.41. The summed E-state index contributed by atoms with van der Waals surface area (Å²) in [6.45, 7) is 6.04. The molecule has 1 rings (SSSR count). The standard InChI is InChI=1S/C22H34BN4O5/c1-17(2)23-8-5-9-26-21(28)16-30-12-13-31-20(24)15-32-19-7-4-6-18(14-19)22(29)27-11-10-25-3/h4,6-7,14,17,20,25H,9-13,15-16,24H2,1-3H3,(H,26,28)(H,27,29). The number of hydrogen-bond acceptors (Lipinski definition) is 7. The van der Waals surface area contributed by atoms with Gasteiger partial charge in [-0.25, -0.2) is 0 Å². The lowest BCUT2D eigenvalue weighted by Crippen LogP contribution is -2.33. The van der Waals surface area contributed by atoms with E-state index >= 15 is 0 Å². The van der Waals surface area contributed by atoms with Gasteiger partial charge in [0.25, 0.3) is 5.91 Å². The maximum atomic E-state index is 12.1. The number of rotatable bonds is 15. The second-order valence-electron chi connectivity index (χ2n) is 7.17. The maximum Gasteiger partial charge on any atom is 0.251 e. The molecule has 1 aromatic rings. The van der Waals surface area contributed by atoms with Crippen LogP contribution in [0.15, 0.2) is 24.3 Å². The van der Waals surface area contributed by atoms with E-state index in [-0.39, 0.29) is 44.8 Å². The van der Waals surface area contributed by atoms with Crippen molar-refractivity contribution in [2.24, 2.45) is 5.73 Å². The summed E-state index contributed by atoms with van der Waals surface area (Å²) in [5.41, 5.74) is 6.37. The van der Waals surface area contributed by atoms with Gasteiger partial charge in [0.2, 0.25) is 13.2 Å². The number of likely N-dealkylation sites (N-methyl/N-ethyl adjacent to an activating group) is 1. The predicted molar refractivity (Wildman–Crippen MR) is 125 cm³/mol. The molecule has 1 radical (unpaired) electrons. The smallest absolute Gasteiger partial charge is 0.251 e. The van der Waals surface area contributed by atoms with Crippen LogP contribution in [0.2, 0.25) is 5.82 Å². The number of nitrogens with one attached hydrogen (secondary N) is 3. The van der Waals surface area contributed by atoms with Crippen molar-refractivity contribution < 1.29 is 23.8 Å². The molecule has 0 spiro atoms. The van der Waals surface area contributed by atoms with Gasteiger partial charge in [0.05, 0.1) is 19.8 Å². The van der Waals surface area contributed by atoms with Crippen LogP contribution >= 0.6 is 0 Å². The SMILES string of the molecule is CNCCNC(=O)c1cccc(OCC(N)OCCOCC(=O)NCC#C[B]C(C)C)c1. The maximum absolute atomic E-state index is 12.1. The highest BCUT2D eigenvalue weighted by Gasteiger charge is 2.08. The van der Waals surface area contributed by atoms with Gasteiger partial charge in [0.15, 0.2) is 0 Å². The molecular weight excluding hydrogens is 411 g/mol. The highest BCUT2D eigenvalue weighted by atomic mass is 16.6. The van der Waals surface area contributed by atoms with Crippen LogP contribution in [0.5, 0.6) is 5.75 Å². The molecule has 1 unspecified atom stereocenters. The van der Waals surface area contributed by atoms with Crippen LogP contribution in [0.25, 0.3) is 0 Å². The van der Waals surface area contributed by atoms with Gasteiger partial charge < -0.3 is 35.9 Å². The number of carbonyl (C=O) groups is 2. The molecule has 0 heterocycles. The van der Waals surface area contributed by atoms with E-state index in [2.05, 4.69) is 27.7 Å². The zero-order valence-corrected chi connectivity index (χ0v) is 19.1. The van der Waals surface area contributed by atoms with Crippen LogP contribution in [-0.4, -0.2) is 78.4 Å². The van der Waals surface area contributed by atoms with E-state index in [1.807, 2.05) is 28.2 Å². The van der Waals surface area contributed by atoms with Crippen molar-refractivity contribution in [1.82, 2.24) is 16.0 Å². The molecule has 0 aliphatic heterocycles. The van der Waals surface area contributed by atoms with Crippen molar-refractivity contribution in [3.8, 4) is 17.5 Å². The molecule has 10 heteroatoms. The third kappa shape index (κ3) is 13.7. The molecule has 175 valence electrons. The summed E-state index contributed by atoms with van der Waals surface area (Å²) in [7, 11) is 3.69. The zero-order valence-electron chi connectivity index (χ0n) is 19.1. The van der Waals surface area contributed by atoms with Crippen LogP contribution < -0.4 is 26.4 Å². The van der Waals surface area contributed by atoms with Crippen LogP contribution in [0.3, 0.4) is 0 Å². The summed E-state index contributed by atoms with van der Waals surface area (Å²) >= 11 is 0. The van der Waals surface area contributed by atoms with Crippen LogP contribution in [0.4, 0.5) is 0 Å². The quantitative estimate of drug-likeness (QED) is 0.129. The summed E-state index contributed by atoms with van der Waals surface area (Å²) < 4.78 is 16.3. The van der Waals surface area contributed by atoms with Gasteiger partial charge in [-0.05, 0) is 25.2 Å². The summed E-state index contributed by atoms with van der Waals surface area (Å²) in [6.07, 6.45) is -0.673. The molecule has 5 N–H and O–H groups in total. The molecule has 0 aliphatic carbocycles. The fourth-order valence-corrected chi connectivity index (χ4v) is 2.25. The van der Waals surface area contributed by atoms with Gasteiger partial charge in [0.1, 0.15) is 25.2 Å². The summed E-state index contributed by atoms with van der Waals surface area (Å²) in [6, 6.07) is 6.84. The molecule has 1 aromatic carbocycles. The molecule has 0 saturated heterocycles. The Balaban J connectivity index is 2.16. The van der Waals surface area contributed by atoms with E-state index in [1.165, 1.54) is 0 Å². The van der Waals surface area contributed by atoms with E-state index in [9.17, 15) is 9.59 Å². The van der Waals surface area contributed by atoms with Gasteiger partial charge in [-0.2, -0.15) is 5.82 Å². The number of amides is 2. The fourth-order valence-electron chi connectivity index (χ4n) is 2.25. The number of hydrogen-bond donors (Lipinski definition) is 4. The summed E-state index contributed by atoms with van der Waals surface area (Å²) in [4.78, 5) is 23.7. The molecule has 0 bridgehead atoms. The molecule has 0 aliphatic rings. The van der Waals surface area contributed by atoms with E-state index in [4.69, 9.17) is 19.9 Å². The molecular formula is C22H34BN4O5. The molecule has 1 atom stereocenters. The number of benzene rings is 1. The molecule has 2 amide bonds. The van der Waals surface area contributed by atoms with Crippen LogP contribution in [-0.2, 0) is 14.3 Å². The Labute approximate surface area is 191 Å². The van der Waals surface area contributed by atoms with Crippen molar-refractivity contribution in [3.63, 3.8) is 0 Å². The largest absolute Gasteiger partial charge is 0.489 e. The third-order valence-electron chi connectivity index (χ3n) is 3.86. The number of nitrogens with two attached hydrogens (primary N) is 1. The van der Waals surface area contributed by atoms with Gasteiger partial charge in [-0.15, -0.1) is 0 Å². The van der Waals surface area contributed by atoms with Crippen LogP contribution in [0, 0.1) is 11.7 Å². The van der Waals surface area contributed by atoms with Crippen molar-refractivity contribution in [1.29, 1.82) is 0 Å². The van der Waals surface area contributed by atoms with E-state index in [0.29, 0.717) is 30.2 Å². The Morgan fingerprint density at radius 2 is 2.00 bits per heavy atom. The van der Waals surface area contributed by atoms with E-state index < -0.39 is 6.23 Å². The fraction of sp³-hybridized carbons (Fsp3) is 0.545. The first-order valence-electron chi connectivity index (χ1n) is 10.6. The number of ether oxygens (including phenoxy) is 3. The minimum Gasteiger partial charge on any atom is -0.489 e. The third-order valence-corrected chi connectivity index (χ3v) is 3.86. The topological polar surface area (TPSA) is 124 Å². The number of carbonyl (C=O) groups excluding carboxylic acids is 2. The summed E-state index contributed by atoms with van der Waals surface area (Å²) in [5.74, 6) is 6.21. The lowest BCUT2D eigenvalue weighted by molar-refractivity contribution is -0.126. The minimum absolute atomic E-state index is 0.0755. The average molecular weight is 445 g/mol. The Bertz CT molecular complexity index is 751. The highest BCUT2D eigenvalue weighted by Crippen LogP contribution is 2.13. The van der Waals surface area contributed by atoms with Crippen molar-refractivity contribution in [3.05, 3.63) is 29.8 Å². The van der Waals surface area contributed by atoms with Gasteiger partial charge in [-0.3, -0.25) is 9.59 Å². The Morgan fingerprint density at radius 3 is 2.75 bits per heavy atom. The Hall–Kier alpha value is -2.58. The lowest BCUT2D eigenvalue weighted by atomic mass is 9.67. The van der Waals surface area contributed by atoms with Crippen LogP contribution in [0.1, 0.15) is 24.2 Å². The van der Waals surface area contributed by atoms with Crippen molar-refractivity contribution in [2.45, 2.75) is 25.9 Å². The molecule has 0 aromatic heterocycles. The molecule has 0 fully saturated rings. The monoisotopic (exact) mass is 445 g/mol. The van der Waals surface area contributed by atoms with Gasteiger partial charge >= 0.3 is 0 Å². The predicted octanol–water partition coefficient (Wildman–Crippen LogP) is -0.0578. The first-order valence-corrected chi connectivity index (χ1v) is 10.6. The van der Waals surface area contributed by atoms with E-state index in [0.717, 1.165) is 0 Å². The van der Waals surface area contributed by atoms with E-state index in [1.54, 1.807) is 24.3 Å². The van der Waals surface area contributed by atoms with Gasteiger partial charge in [0, 0.05) is 18.7 Å². The Morgan fingerprint density at radius 1 is 1.19 bits per heavy atom. The molecule has 9 nitrogen and oxygen atoms in total. The average Bonchev–Trinajstić information content (AvgIpc) is 2.77. The zero-order chi connectivity index (χ0) is 23.6. The van der Waals surface area contributed by atoms with Gasteiger partial charge in [-0.1, -0.05) is 31.7 Å². The van der Waals surface area contributed by atoms with Crippen molar-refractivity contribution in [2.75, 3.05) is 53.1 Å². The molecule has 32 heavy (non-hydrogen) atoms. The first-order chi connectivity index (χ1) is 15.4. The second-order valence-corrected chi connectivity index (χ2v) is 7.17. The lowest BCUT2D eigenvalue weighted by Gasteiger charge is -2.15. The first kappa shape index (κ1) is 27.5.